The summed E-state index contributed by atoms with van der Waals surface area (Å²) < 4.78 is 21.1. The number of furan rings is 1. The predicted octanol–water partition coefficient (Wildman–Crippen LogP) is 5.45. The van der Waals surface area contributed by atoms with Gasteiger partial charge in [0.05, 0.1) is 23.9 Å². The zero-order valence-corrected chi connectivity index (χ0v) is 22.9. The van der Waals surface area contributed by atoms with Gasteiger partial charge < -0.3 is 9.40 Å². The molecule has 8 nitrogen and oxygen atoms in total. The Balaban J connectivity index is 1.68. The summed E-state index contributed by atoms with van der Waals surface area (Å²) in [7, 11) is 0. The van der Waals surface area contributed by atoms with Crippen molar-refractivity contribution in [3.05, 3.63) is 111 Å². The molecular weight excluding hydrogens is 495 g/mol. The average Bonchev–Trinajstić information content (AvgIpc) is 3.57. The Labute approximate surface area is 226 Å². The van der Waals surface area contributed by atoms with Crippen LogP contribution in [0.5, 0.6) is 0 Å². The molecule has 202 valence electrons. The van der Waals surface area contributed by atoms with E-state index in [0.29, 0.717) is 30.9 Å². The number of halogens is 1. The van der Waals surface area contributed by atoms with E-state index >= 15 is 0 Å². The van der Waals surface area contributed by atoms with Crippen molar-refractivity contribution in [2.45, 2.75) is 59.2 Å². The maximum absolute atomic E-state index is 13.8. The maximum atomic E-state index is 13.8. The summed E-state index contributed by atoms with van der Waals surface area (Å²) >= 11 is 0. The van der Waals surface area contributed by atoms with E-state index in [1.807, 2.05) is 52.8 Å². The van der Waals surface area contributed by atoms with Crippen LogP contribution in [-0.4, -0.2) is 36.6 Å². The highest BCUT2D eigenvalue weighted by molar-refractivity contribution is 5.83. The highest BCUT2D eigenvalue weighted by atomic mass is 19.1. The number of aromatic amines is 1. The highest BCUT2D eigenvalue weighted by Gasteiger charge is 2.34. The molecule has 0 spiro atoms. The number of pyridine rings is 1. The van der Waals surface area contributed by atoms with E-state index in [9.17, 15) is 9.18 Å². The molecule has 0 amide bonds. The number of rotatable bonds is 8. The Morgan fingerprint density at radius 2 is 1.87 bits per heavy atom. The summed E-state index contributed by atoms with van der Waals surface area (Å²) in [6.45, 7) is 11.1. The summed E-state index contributed by atoms with van der Waals surface area (Å²) in [5, 5.41) is 13.7. The van der Waals surface area contributed by atoms with Crippen LogP contribution in [0.4, 0.5) is 4.39 Å². The third kappa shape index (κ3) is 5.68. The summed E-state index contributed by atoms with van der Waals surface area (Å²) in [4.78, 5) is 19.0. The topological polar surface area (TPSA) is 92.8 Å². The Kier molecular flexibility index (Phi) is 7.18. The molecule has 1 atom stereocenters. The number of fused-ring (bicyclic) bond motifs is 1. The third-order valence-electron chi connectivity index (χ3n) is 6.90. The second-order valence-corrected chi connectivity index (χ2v) is 11.0. The number of aryl methyl sites for hydroxylation is 2. The highest BCUT2D eigenvalue weighted by Crippen LogP contribution is 2.31. The van der Waals surface area contributed by atoms with Crippen LogP contribution in [0.1, 0.15) is 60.7 Å². The fourth-order valence-electron chi connectivity index (χ4n) is 5.07. The molecule has 1 N–H and O–H groups in total. The van der Waals surface area contributed by atoms with Crippen LogP contribution in [0.15, 0.2) is 70.1 Å². The Morgan fingerprint density at radius 3 is 2.56 bits per heavy atom. The number of hydrogen-bond donors (Lipinski definition) is 1. The van der Waals surface area contributed by atoms with Crippen LogP contribution >= 0.6 is 0 Å². The summed E-state index contributed by atoms with van der Waals surface area (Å²) in [5.41, 5.74) is 3.82. The summed E-state index contributed by atoms with van der Waals surface area (Å²) in [6, 6.07) is 15.7. The lowest BCUT2D eigenvalue weighted by atomic mass is 9.99. The van der Waals surface area contributed by atoms with Gasteiger partial charge in [0.25, 0.3) is 5.56 Å². The van der Waals surface area contributed by atoms with Gasteiger partial charge >= 0.3 is 0 Å². The number of tetrazole rings is 1. The van der Waals surface area contributed by atoms with E-state index in [0.717, 1.165) is 33.4 Å². The first-order valence-corrected chi connectivity index (χ1v) is 13.0. The predicted molar refractivity (Wildman–Crippen MR) is 148 cm³/mol. The molecule has 3 heterocycles. The first-order valence-electron chi connectivity index (χ1n) is 13.0. The van der Waals surface area contributed by atoms with Crippen LogP contribution in [0.3, 0.4) is 0 Å². The minimum absolute atomic E-state index is 0.200. The standard InChI is InChI=1S/C30H33FN6O2/c1-19-15-20(2)26-22(16-19)17-25(29(38)32-26)27(28-33-34-35-37(28)30(3,4)5)36(18-24-7-6-14-39-24)13-12-21-8-10-23(31)11-9-21/h6-11,14-17,27H,12-13,18H2,1-5H3,(H,32,38)/t27-/m0/s1. The van der Waals surface area contributed by atoms with Crippen LogP contribution < -0.4 is 5.56 Å². The van der Waals surface area contributed by atoms with Gasteiger partial charge in [-0.05, 0) is 104 Å². The molecule has 2 aromatic carbocycles. The largest absolute Gasteiger partial charge is 0.468 e. The molecule has 0 aliphatic rings. The number of aromatic nitrogens is 5. The molecule has 9 heteroatoms. The van der Waals surface area contributed by atoms with Crippen molar-refractivity contribution in [2.75, 3.05) is 6.54 Å². The molecule has 0 bridgehead atoms. The zero-order valence-electron chi connectivity index (χ0n) is 22.9. The lowest BCUT2D eigenvalue weighted by Crippen LogP contribution is -2.38. The van der Waals surface area contributed by atoms with E-state index < -0.39 is 11.6 Å². The fraction of sp³-hybridized carbons (Fsp3) is 0.333. The van der Waals surface area contributed by atoms with Gasteiger partial charge in [-0.25, -0.2) is 9.07 Å². The van der Waals surface area contributed by atoms with Crippen molar-refractivity contribution in [2.24, 2.45) is 0 Å². The van der Waals surface area contributed by atoms with E-state index in [1.54, 1.807) is 23.1 Å². The Hall–Kier alpha value is -4.11. The van der Waals surface area contributed by atoms with Crippen molar-refractivity contribution in [3.63, 3.8) is 0 Å². The van der Waals surface area contributed by atoms with E-state index in [1.165, 1.54) is 12.1 Å². The van der Waals surface area contributed by atoms with E-state index in [2.05, 4.69) is 37.5 Å². The fourth-order valence-corrected chi connectivity index (χ4v) is 5.07. The lowest BCUT2D eigenvalue weighted by molar-refractivity contribution is 0.181. The molecule has 0 unspecified atom stereocenters. The quantitative estimate of drug-likeness (QED) is 0.288. The first-order chi connectivity index (χ1) is 18.6. The van der Waals surface area contributed by atoms with Gasteiger partial charge in [-0.3, -0.25) is 9.69 Å². The second-order valence-electron chi connectivity index (χ2n) is 11.0. The smallest absolute Gasteiger partial charge is 0.253 e. The molecule has 0 saturated heterocycles. The average molecular weight is 529 g/mol. The van der Waals surface area contributed by atoms with Crippen molar-refractivity contribution < 1.29 is 8.81 Å². The molecular formula is C30H33FN6O2. The number of H-pyrrole nitrogens is 1. The van der Waals surface area contributed by atoms with Crippen molar-refractivity contribution in [3.8, 4) is 0 Å². The first kappa shape index (κ1) is 26.5. The van der Waals surface area contributed by atoms with Crippen LogP contribution in [0, 0.1) is 19.7 Å². The SMILES string of the molecule is Cc1cc(C)c2[nH]c(=O)c([C@@H](c3nnnn3C(C)(C)C)N(CCc3ccc(F)cc3)Cc3ccco3)cc2c1. The van der Waals surface area contributed by atoms with Gasteiger partial charge in [-0.2, -0.15) is 0 Å². The van der Waals surface area contributed by atoms with Crippen LogP contribution in [0.2, 0.25) is 0 Å². The van der Waals surface area contributed by atoms with E-state index in [-0.39, 0.29) is 11.4 Å². The van der Waals surface area contributed by atoms with Gasteiger partial charge in [0.15, 0.2) is 5.82 Å². The molecule has 0 aliphatic carbocycles. The van der Waals surface area contributed by atoms with Crippen molar-refractivity contribution in [1.29, 1.82) is 0 Å². The number of nitrogens with zero attached hydrogens (tertiary/aromatic N) is 5. The maximum Gasteiger partial charge on any atom is 0.253 e. The van der Waals surface area contributed by atoms with Gasteiger partial charge in [-0.15, -0.1) is 5.10 Å². The molecule has 0 aliphatic heterocycles. The molecule has 39 heavy (non-hydrogen) atoms. The van der Waals surface area contributed by atoms with E-state index in [4.69, 9.17) is 4.42 Å². The Bertz CT molecular complexity index is 1630. The van der Waals surface area contributed by atoms with Crippen molar-refractivity contribution >= 4 is 10.9 Å². The molecule has 0 fully saturated rings. The summed E-state index contributed by atoms with van der Waals surface area (Å²) in [6.07, 6.45) is 2.26. The third-order valence-corrected chi connectivity index (χ3v) is 6.90. The number of hydrogen-bond acceptors (Lipinski definition) is 6. The number of benzene rings is 2. The lowest BCUT2D eigenvalue weighted by Gasteiger charge is -2.32. The molecule has 5 rings (SSSR count). The van der Waals surface area contributed by atoms with Gasteiger partial charge in [0.2, 0.25) is 0 Å². The van der Waals surface area contributed by atoms with Gasteiger partial charge in [0.1, 0.15) is 17.6 Å². The van der Waals surface area contributed by atoms with Crippen molar-refractivity contribution in [1.82, 2.24) is 30.1 Å². The van der Waals surface area contributed by atoms with Gasteiger partial charge in [-0.1, -0.05) is 23.8 Å². The molecule has 0 radical (unpaired) electrons. The van der Waals surface area contributed by atoms with Crippen LogP contribution in [0.25, 0.3) is 10.9 Å². The number of nitrogens with one attached hydrogen (secondary N) is 1. The minimum atomic E-state index is -0.584. The molecule has 0 saturated carbocycles. The minimum Gasteiger partial charge on any atom is -0.468 e. The molecule has 5 aromatic rings. The molecule has 3 aromatic heterocycles. The normalized spacial score (nSPS) is 12.9. The Morgan fingerprint density at radius 1 is 1.10 bits per heavy atom. The zero-order chi connectivity index (χ0) is 27.7. The summed E-state index contributed by atoms with van der Waals surface area (Å²) in [5.74, 6) is 1.03. The van der Waals surface area contributed by atoms with Gasteiger partial charge in [0, 0.05) is 12.1 Å². The van der Waals surface area contributed by atoms with Crippen LogP contribution in [-0.2, 0) is 18.5 Å². The monoisotopic (exact) mass is 528 g/mol. The second kappa shape index (κ2) is 10.6.